The molecule has 2 aromatic rings. The Morgan fingerprint density at radius 2 is 1.75 bits per heavy atom. The Labute approximate surface area is 93.5 Å². The van der Waals surface area contributed by atoms with Gasteiger partial charge in [-0.25, -0.2) is 4.39 Å². The molecule has 2 N–H and O–H groups in total. The van der Waals surface area contributed by atoms with Crippen LogP contribution < -0.4 is 10.5 Å². The van der Waals surface area contributed by atoms with Crippen LogP contribution in [-0.2, 0) is 0 Å². The van der Waals surface area contributed by atoms with Gasteiger partial charge in [0.1, 0.15) is 11.6 Å². The molecule has 3 heteroatoms. The lowest BCUT2D eigenvalue weighted by molar-refractivity contribution is 0.416. The summed E-state index contributed by atoms with van der Waals surface area (Å²) in [5.41, 5.74) is 8.12. The Kier molecular flexibility index (Phi) is 2.77. The van der Waals surface area contributed by atoms with E-state index in [2.05, 4.69) is 0 Å². The lowest BCUT2D eigenvalue weighted by atomic mass is 10.0. The number of hydrogen-bond acceptors (Lipinski definition) is 2. The van der Waals surface area contributed by atoms with Gasteiger partial charge >= 0.3 is 0 Å². The predicted molar refractivity (Wildman–Crippen MR) is 62.8 cm³/mol. The highest BCUT2D eigenvalue weighted by molar-refractivity contribution is 5.73. The lowest BCUT2D eigenvalue weighted by Crippen LogP contribution is -1.91. The van der Waals surface area contributed by atoms with Crippen molar-refractivity contribution < 1.29 is 9.13 Å². The van der Waals surface area contributed by atoms with E-state index in [0.29, 0.717) is 5.69 Å². The first-order valence-corrected chi connectivity index (χ1v) is 4.90. The molecule has 0 spiro atoms. The number of methoxy groups -OCH3 is 1. The normalized spacial score (nSPS) is 10.1. The predicted octanol–water partition coefficient (Wildman–Crippen LogP) is 3.08. The molecule has 0 aliphatic carbocycles. The fraction of sp³-hybridized carbons (Fsp3) is 0.0769. The molecule has 0 atom stereocenters. The molecule has 0 unspecified atom stereocenters. The van der Waals surface area contributed by atoms with Crippen molar-refractivity contribution in [3.63, 3.8) is 0 Å². The van der Waals surface area contributed by atoms with Crippen molar-refractivity contribution in [3.8, 4) is 16.9 Å². The second kappa shape index (κ2) is 4.23. The minimum Gasteiger partial charge on any atom is -0.496 e. The summed E-state index contributed by atoms with van der Waals surface area (Å²) in [6.07, 6.45) is 0. The van der Waals surface area contributed by atoms with Crippen molar-refractivity contribution in [1.29, 1.82) is 0 Å². The summed E-state index contributed by atoms with van der Waals surface area (Å²) < 4.78 is 18.0. The molecule has 2 aromatic carbocycles. The quantitative estimate of drug-likeness (QED) is 0.784. The molecule has 0 aliphatic rings. The van der Waals surface area contributed by atoms with E-state index in [1.54, 1.807) is 31.4 Å². The van der Waals surface area contributed by atoms with E-state index in [1.807, 2.05) is 6.07 Å². The zero-order valence-corrected chi connectivity index (χ0v) is 8.91. The third-order valence-corrected chi connectivity index (χ3v) is 2.38. The lowest BCUT2D eigenvalue weighted by Gasteiger charge is -2.09. The molecule has 2 rings (SSSR count). The van der Waals surface area contributed by atoms with Crippen LogP contribution in [0, 0.1) is 5.82 Å². The zero-order valence-electron chi connectivity index (χ0n) is 8.91. The van der Waals surface area contributed by atoms with E-state index in [9.17, 15) is 4.39 Å². The van der Waals surface area contributed by atoms with Crippen molar-refractivity contribution in [2.45, 2.75) is 0 Å². The maximum absolute atomic E-state index is 12.8. The smallest absolute Gasteiger partial charge is 0.126 e. The molecule has 0 aromatic heterocycles. The van der Waals surface area contributed by atoms with Gasteiger partial charge in [-0.05, 0) is 35.9 Å². The number of nitrogens with two attached hydrogens (primary N) is 1. The van der Waals surface area contributed by atoms with Gasteiger partial charge in [-0.1, -0.05) is 12.1 Å². The van der Waals surface area contributed by atoms with Gasteiger partial charge in [0.2, 0.25) is 0 Å². The molecule has 2 nitrogen and oxygen atoms in total. The fourth-order valence-corrected chi connectivity index (χ4v) is 1.58. The van der Waals surface area contributed by atoms with E-state index >= 15 is 0 Å². The van der Waals surface area contributed by atoms with E-state index in [0.717, 1.165) is 16.9 Å². The van der Waals surface area contributed by atoms with Crippen molar-refractivity contribution >= 4 is 5.69 Å². The summed E-state index contributed by atoms with van der Waals surface area (Å²) in [5.74, 6) is 0.465. The first-order chi connectivity index (χ1) is 7.70. The highest BCUT2D eigenvalue weighted by atomic mass is 19.1. The molecule has 0 radical (unpaired) electrons. The van der Waals surface area contributed by atoms with Crippen LogP contribution in [0.5, 0.6) is 5.75 Å². The van der Waals surface area contributed by atoms with E-state index in [1.165, 1.54) is 12.1 Å². The van der Waals surface area contributed by atoms with Gasteiger partial charge in [-0.3, -0.25) is 0 Å². The first kappa shape index (κ1) is 10.5. The summed E-state index contributed by atoms with van der Waals surface area (Å²) >= 11 is 0. The minimum absolute atomic E-state index is 0.258. The van der Waals surface area contributed by atoms with Crippen molar-refractivity contribution in [3.05, 3.63) is 48.3 Å². The third-order valence-electron chi connectivity index (χ3n) is 2.38. The number of benzene rings is 2. The molecule has 16 heavy (non-hydrogen) atoms. The summed E-state index contributed by atoms with van der Waals surface area (Å²) in [6.45, 7) is 0. The Morgan fingerprint density at radius 3 is 2.38 bits per heavy atom. The molecule has 0 saturated heterocycles. The maximum atomic E-state index is 12.8. The molecule has 0 saturated carbocycles. The van der Waals surface area contributed by atoms with Gasteiger partial charge in [0.05, 0.1) is 7.11 Å². The Hall–Kier alpha value is -2.03. The largest absolute Gasteiger partial charge is 0.496 e. The Bertz CT molecular complexity index is 494. The third kappa shape index (κ3) is 1.98. The van der Waals surface area contributed by atoms with Gasteiger partial charge in [-0.15, -0.1) is 0 Å². The first-order valence-electron chi connectivity index (χ1n) is 4.90. The number of nitrogen functional groups attached to an aromatic ring is 1. The average molecular weight is 217 g/mol. The van der Waals surface area contributed by atoms with Gasteiger partial charge in [0.25, 0.3) is 0 Å². The molecule has 0 amide bonds. The molecule has 0 bridgehead atoms. The van der Waals surface area contributed by atoms with Gasteiger partial charge in [0.15, 0.2) is 0 Å². The van der Waals surface area contributed by atoms with E-state index < -0.39 is 0 Å². The highest BCUT2D eigenvalue weighted by Gasteiger charge is 2.06. The maximum Gasteiger partial charge on any atom is 0.126 e. The van der Waals surface area contributed by atoms with Crippen LogP contribution in [0.25, 0.3) is 11.1 Å². The molecule has 0 heterocycles. The van der Waals surface area contributed by atoms with Crippen molar-refractivity contribution in [2.75, 3.05) is 12.8 Å². The fourth-order valence-electron chi connectivity index (χ4n) is 1.58. The van der Waals surface area contributed by atoms with Crippen LogP contribution in [0.15, 0.2) is 42.5 Å². The van der Waals surface area contributed by atoms with Crippen molar-refractivity contribution in [1.82, 2.24) is 0 Å². The van der Waals surface area contributed by atoms with Crippen molar-refractivity contribution in [2.24, 2.45) is 0 Å². The van der Waals surface area contributed by atoms with E-state index in [4.69, 9.17) is 10.5 Å². The minimum atomic E-state index is -0.258. The van der Waals surface area contributed by atoms with Crippen LogP contribution >= 0.6 is 0 Å². The van der Waals surface area contributed by atoms with Gasteiger partial charge in [-0.2, -0.15) is 0 Å². The van der Waals surface area contributed by atoms with Crippen LogP contribution in [0.2, 0.25) is 0 Å². The number of rotatable bonds is 2. The van der Waals surface area contributed by atoms with Crippen LogP contribution in [0.4, 0.5) is 10.1 Å². The molecule has 0 fully saturated rings. The zero-order chi connectivity index (χ0) is 11.5. The summed E-state index contributed by atoms with van der Waals surface area (Å²) in [4.78, 5) is 0. The second-order valence-corrected chi connectivity index (χ2v) is 3.47. The topological polar surface area (TPSA) is 35.2 Å². The number of anilines is 1. The molecular formula is C13H12FNO. The van der Waals surface area contributed by atoms with Gasteiger partial charge in [0, 0.05) is 11.3 Å². The SMILES string of the molecule is COc1ccc(N)cc1-c1ccc(F)cc1. The van der Waals surface area contributed by atoms with Crippen LogP contribution in [0.3, 0.4) is 0 Å². The summed E-state index contributed by atoms with van der Waals surface area (Å²) in [7, 11) is 1.60. The number of ether oxygens (including phenoxy) is 1. The molecule has 0 aliphatic heterocycles. The van der Waals surface area contributed by atoms with E-state index in [-0.39, 0.29) is 5.82 Å². The summed E-state index contributed by atoms with van der Waals surface area (Å²) in [6, 6.07) is 11.6. The summed E-state index contributed by atoms with van der Waals surface area (Å²) in [5, 5.41) is 0. The molecular weight excluding hydrogens is 205 g/mol. The number of halogens is 1. The van der Waals surface area contributed by atoms with Crippen LogP contribution in [0.1, 0.15) is 0 Å². The highest BCUT2D eigenvalue weighted by Crippen LogP contribution is 2.31. The Balaban J connectivity index is 2.53. The number of hydrogen-bond donors (Lipinski definition) is 1. The Morgan fingerprint density at radius 1 is 1.06 bits per heavy atom. The standard InChI is InChI=1S/C13H12FNO/c1-16-13-7-6-11(15)8-12(13)9-2-4-10(14)5-3-9/h2-8H,15H2,1H3. The second-order valence-electron chi connectivity index (χ2n) is 3.47. The van der Waals surface area contributed by atoms with Crippen LogP contribution in [-0.4, -0.2) is 7.11 Å². The van der Waals surface area contributed by atoms with Gasteiger partial charge < -0.3 is 10.5 Å². The monoisotopic (exact) mass is 217 g/mol. The molecule has 82 valence electrons. The average Bonchev–Trinajstić information content (AvgIpc) is 2.30.